The molecule has 6 nitrogen and oxygen atoms in total. The standard InChI is InChI=1S/C10H17NO5/c1-15-5-4-11-8(2-3-10(13)14)6-16-7-9(11)12/h8H,2-7H2,1H3,(H,13,14). The van der Waals surface area contributed by atoms with Crippen LogP contribution in [-0.2, 0) is 19.1 Å². The Balaban J connectivity index is 2.48. The highest BCUT2D eigenvalue weighted by atomic mass is 16.5. The number of hydrogen-bond acceptors (Lipinski definition) is 4. The molecule has 1 aliphatic heterocycles. The highest BCUT2D eigenvalue weighted by Gasteiger charge is 2.28. The number of carbonyl (C=O) groups is 2. The van der Waals surface area contributed by atoms with Crippen LogP contribution in [0, 0.1) is 0 Å². The number of methoxy groups -OCH3 is 1. The Morgan fingerprint density at radius 1 is 1.69 bits per heavy atom. The number of morpholine rings is 1. The van der Waals surface area contributed by atoms with Gasteiger partial charge < -0.3 is 19.5 Å². The smallest absolute Gasteiger partial charge is 0.303 e. The molecule has 1 rings (SSSR count). The van der Waals surface area contributed by atoms with Crippen LogP contribution in [0.15, 0.2) is 0 Å². The second-order valence-electron chi connectivity index (χ2n) is 3.68. The van der Waals surface area contributed by atoms with Crippen molar-refractivity contribution in [3.63, 3.8) is 0 Å². The molecule has 92 valence electrons. The number of nitrogens with zero attached hydrogens (tertiary/aromatic N) is 1. The Bertz CT molecular complexity index is 256. The van der Waals surface area contributed by atoms with E-state index in [1.807, 2.05) is 0 Å². The number of hydrogen-bond donors (Lipinski definition) is 1. The summed E-state index contributed by atoms with van der Waals surface area (Å²) >= 11 is 0. The number of carboxylic acid groups (broad SMARTS) is 1. The lowest BCUT2D eigenvalue weighted by molar-refractivity contribution is -0.150. The summed E-state index contributed by atoms with van der Waals surface area (Å²) in [7, 11) is 1.57. The molecule has 6 heteroatoms. The van der Waals surface area contributed by atoms with E-state index in [0.717, 1.165) is 0 Å². The van der Waals surface area contributed by atoms with Gasteiger partial charge in [0.25, 0.3) is 0 Å². The van der Waals surface area contributed by atoms with E-state index in [2.05, 4.69) is 0 Å². The second kappa shape index (κ2) is 6.44. The molecule has 0 aliphatic carbocycles. The lowest BCUT2D eigenvalue weighted by Crippen LogP contribution is -2.50. The number of carboxylic acids is 1. The molecule has 0 aromatic rings. The third-order valence-corrected chi connectivity index (χ3v) is 2.52. The molecule has 16 heavy (non-hydrogen) atoms. The minimum absolute atomic E-state index is 0.0464. The molecule has 0 spiro atoms. The van der Waals surface area contributed by atoms with Gasteiger partial charge in [0, 0.05) is 20.1 Å². The van der Waals surface area contributed by atoms with E-state index in [4.69, 9.17) is 14.6 Å². The third-order valence-electron chi connectivity index (χ3n) is 2.52. The van der Waals surface area contributed by atoms with Crippen molar-refractivity contribution < 1.29 is 24.2 Å². The number of carbonyl (C=O) groups excluding carboxylic acids is 1. The summed E-state index contributed by atoms with van der Waals surface area (Å²) in [5.74, 6) is -0.955. The van der Waals surface area contributed by atoms with Crippen LogP contribution < -0.4 is 0 Å². The summed E-state index contributed by atoms with van der Waals surface area (Å²) in [5.41, 5.74) is 0. The van der Waals surface area contributed by atoms with Crippen molar-refractivity contribution in [2.75, 3.05) is 33.5 Å². The topological polar surface area (TPSA) is 76.1 Å². The SMILES string of the molecule is COCCN1C(=O)COCC1CCC(=O)O. The van der Waals surface area contributed by atoms with Crippen molar-refractivity contribution in [2.45, 2.75) is 18.9 Å². The fourth-order valence-corrected chi connectivity index (χ4v) is 1.68. The predicted molar refractivity (Wildman–Crippen MR) is 55.1 cm³/mol. The van der Waals surface area contributed by atoms with Gasteiger partial charge in [-0.3, -0.25) is 9.59 Å². The first-order chi connectivity index (χ1) is 7.65. The zero-order valence-corrected chi connectivity index (χ0v) is 9.35. The fraction of sp³-hybridized carbons (Fsp3) is 0.800. The van der Waals surface area contributed by atoms with Crippen molar-refractivity contribution in [1.82, 2.24) is 4.90 Å². The van der Waals surface area contributed by atoms with Crippen LogP contribution >= 0.6 is 0 Å². The maximum atomic E-state index is 11.6. The molecule has 1 atom stereocenters. The molecule has 1 amide bonds. The summed E-state index contributed by atoms with van der Waals surface area (Å²) < 4.78 is 10.0. The molecule has 1 saturated heterocycles. The van der Waals surface area contributed by atoms with Crippen LogP contribution in [0.3, 0.4) is 0 Å². The Kier molecular flexibility index (Phi) is 5.21. The van der Waals surface area contributed by atoms with Gasteiger partial charge in [0.1, 0.15) is 6.61 Å². The molecule has 0 radical (unpaired) electrons. The van der Waals surface area contributed by atoms with Crippen LogP contribution in [0.1, 0.15) is 12.8 Å². The molecule has 0 saturated carbocycles. The van der Waals surface area contributed by atoms with Gasteiger partial charge in [-0.05, 0) is 6.42 Å². The third kappa shape index (κ3) is 3.79. The van der Waals surface area contributed by atoms with Gasteiger partial charge in [-0.25, -0.2) is 0 Å². The van der Waals surface area contributed by atoms with Crippen molar-refractivity contribution in [3.8, 4) is 0 Å². The van der Waals surface area contributed by atoms with Crippen LogP contribution in [0.2, 0.25) is 0 Å². The summed E-state index contributed by atoms with van der Waals surface area (Å²) in [4.78, 5) is 23.7. The van der Waals surface area contributed by atoms with Crippen molar-refractivity contribution in [3.05, 3.63) is 0 Å². The van der Waals surface area contributed by atoms with Gasteiger partial charge >= 0.3 is 5.97 Å². The average Bonchev–Trinajstić information content (AvgIpc) is 2.25. The Labute approximate surface area is 94.1 Å². The van der Waals surface area contributed by atoms with Gasteiger partial charge in [0.05, 0.1) is 19.3 Å². The van der Waals surface area contributed by atoms with E-state index < -0.39 is 5.97 Å². The minimum Gasteiger partial charge on any atom is -0.481 e. The van der Waals surface area contributed by atoms with E-state index in [9.17, 15) is 9.59 Å². The van der Waals surface area contributed by atoms with Gasteiger partial charge in [-0.2, -0.15) is 0 Å². The van der Waals surface area contributed by atoms with Crippen LogP contribution in [0.5, 0.6) is 0 Å². The highest BCUT2D eigenvalue weighted by molar-refractivity contribution is 5.78. The molecule has 1 N–H and O–H groups in total. The largest absolute Gasteiger partial charge is 0.481 e. The van der Waals surface area contributed by atoms with Crippen molar-refractivity contribution in [2.24, 2.45) is 0 Å². The van der Waals surface area contributed by atoms with Gasteiger partial charge in [-0.1, -0.05) is 0 Å². The summed E-state index contributed by atoms with van der Waals surface area (Å²) in [6.45, 7) is 1.42. The van der Waals surface area contributed by atoms with E-state index in [1.165, 1.54) is 0 Å². The first-order valence-corrected chi connectivity index (χ1v) is 5.23. The van der Waals surface area contributed by atoms with E-state index in [0.29, 0.717) is 26.2 Å². The van der Waals surface area contributed by atoms with Gasteiger partial charge in [-0.15, -0.1) is 0 Å². The minimum atomic E-state index is -0.857. The first-order valence-electron chi connectivity index (χ1n) is 5.23. The van der Waals surface area contributed by atoms with Gasteiger partial charge in [0.15, 0.2) is 0 Å². The molecule has 0 aromatic carbocycles. The zero-order chi connectivity index (χ0) is 12.0. The Hall–Kier alpha value is -1.14. The van der Waals surface area contributed by atoms with E-state index >= 15 is 0 Å². The van der Waals surface area contributed by atoms with E-state index in [1.54, 1.807) is 12.0 Å². The molecule has 1 heterocycles. The normalized spacial score (nSPS) is 21.2. The summed E-state index contributed by atoms with van der Waals surface area (Å²) in [6.07, 6.45) is 0.468. The van der Waals surface area contributed by atoms with Crippen LogP contribution in [-0.4, -0.2) is 61.4 Å². The average molecular weight is 231 g/mol. The van der Waals surface area contributed by atoms with Crippen LogP contribution in [0.25, 0.3) is 0 Å². The predicted octanol–water partition coefficient (Wildman–Crippen LogP) is -0.275. The van der Waals surface area contributed by atoms with Crippen molar-refractivity contribution in [1.29, 1.82) is 0 Å². The quantitative estimate of drug-likeness (QED) is 0.680. The highest BCUT2D eigenvalue weighted by Crippen LogP contribution is 2.13. The number of amides is 1. The Morgan fingerprint density at radius 3 is 3.06 bits per heavy atom. The lowest BCUT2D eigenvalue weighted by Gasteiger charge is -2.35. The molecular formula is C10H17NO5. The van der Waals surface area contributed by atoms with Gasteiger partial charge in [0.2, 0.25) is 5.91 Å². The monoisotopic (exact) mass is 231 g/mol. The molecular weight excluding hydrogens is 214 g/mol. The number of rotatable bonds is 6. The second-order valence-corrected chi connectivity index (χ2v) is 3.68. The maximum Gasteiger partial charge on any atom is 0.303 e. The molecule has 1 aliphatic rings. The molecule has 1 fully saturated rings. The summed E-state index contributed by atoms with van der Waals surface area (Å²) in [5, 5.41) is 8.60. The van der Waals surface area contributed by atoms with Crippen LogP contribution in [0.4, 0.5) is 0 Å². The lowest BCUT2D eigenvalue weighted by atomic mass is 10.1. The fourth-order valence-electron chi connectivity index (χ4n) is 1.68. The zero-order valence-electron chi connectivity index (χ0n) is 9.35. The van der Waals surface area contributed by atoms with E-state index in [-0.39, 0.29) is 25.0 Å². The first kappa shape index (κ1) is 12.9. The Morgan fingerprint density at radius 2 is 2.44 bits per heavy atom. The molecule has 0 bridgehead atoms. The number of aliphatic carboxylic acids is 1. The van der Waals surface area contributed by atoms with Crippen molar-refractivity contribution >= 4 is 11.9 Å². The molecule has 1 unspecified atom stereocenters. The summed E-state index contributed by atoms with van der Waals surface area (Å²) in [6, 6.07) is -0.146. The maximum absolute atomic E-state index is 11.6. The number of ether oxygens (including phenoxy) is 2. The molecule has 0 aromatic heterocycles.